The van der Waals surface area contributed by atoms with Crippen LogP contribution in [0.25, 0.3) is 16.5 Å². The number of nitrogens with one attached hydrogen (secondary N) is 1. The fourth-order valence-electron chi connectivity index (χ4n) is 5.00. The SMILES string of the molecule is C=CCN1C[C@H](C(=O)N(CC)CC)C=C2c3cccc4[nH]c(F)c(c34)C[C@]21C. The van der Waals surface area contributed by atoms with Gasteiger partial charge in [0.15, 0.2) is 5.95 Å². The highest BCUT2D eigenvalue weighted by atomic mass is 19.1. The first-order chi connectivity index (χ1) is 13.4. The predicted molar refractivity (Wildman–Crippen MR) is 112 cm³/mol. The minimum absolute atomic E-state index is 0.159. The molecule has 0 saturated heterocycles. The summed E-state index contributed by atoms with van der Waals surface area (Å²) in [4.78, 5) is 20.2. The van der Waals surface area contributed by atoms with E-state index in [0.29, 0.717) is 32.6 Å². The number of aromatic amines is 1. The van der Waals surface area contributed by atoms with Crippen LogP contribution in [0.15, 0.2) is 36.9 Å². The van der Waals surface area contributed by atoms with Crippen molar-refractivity contribution >= 4 is 22.4 Å². The summed E-state index contributed by atoms with van der Waals surface area (Å²) in [6.45, 7) is 12.8. The number of nitrogens with zero attached hydrogens (tertiary/aromatic N) is 2. The van der Waals surface area contributed by atoms with Crippen LogP contribution in [0, 0.1) is 11.9 Å². The molecule has 0 spiro atoms. The molecule has 1 N–H and O–H groups in total. The smallest absolute Gasteiger partial charge is 0.230 e. The van der Waals surface area contributed by atoms with Gasteiger partial charge in [-0.15, -0.1) is 6.58 Å². The zero-order valence-electron chi connectivity index (χ0n) is 16.9. The number of hydrogen-bond donors (Lipinski definition) is 1. The highest BCUT2D eigenvalue weighted by Crippen LogP contribution is 2.48. The summed E-state index contributed by atoms with van der Waals surface area (Å²) < 4.78 is 14.7. The first-order valence-electron chi connectivity index (χ1n) is 10.1. The summed E-state index contributed by atoms with van der Waals surface area (Å²) in [6.07, 6.45) is 4.60. The van der Waals surface area contributed by atoms with Gasteiger partial charge in [0, 0.05) is 48.2 Å². The van der Waals surface area contributed by atoms with Crippen LogP contribution < -0.4 is 0 Å². The summed E-state index contributed by atoms with van der Waals surface area (Å²) in [5.41, 5.74) is 3.36. The third-order valence-corrected chi connectivity index (χ3v) is 6.49. The number of H-pyrrole nitrogens is 1. The number of hydrogen-bond acceptors (Lipinski definition) is 2. The van der Waals surface area contributed by atoms with E-state index < -0.39 is 0 Å². The van der Waals surface area contributed by atoms with Gasteiger partial charge >= 0.3 is 0 Å². The maximum Gasteiger partial charge on any atom is 0.230 e. The number of fused-ring (bicyclic) bond motifs is 2. The van der Waals surface area contributed by atoms with E-state index in [-0.39, 0.29) is 23.3 Å². The van der Waals surface area contributed by atoms with Crippen molar-refractivity contribution < 1.29 is 9.18 Å². The van der Waals surface area contributed by atoms with Crippen molar-refractivity contribution in [2.75, 3.05) is 26.2 Å². The van der Waals surface area contributed by atoms with Crippen LogP contribution in [0.5, 0.6) is 0 Å². The maximum absolute atomic E-state index is 14.7. The summed E-state index contributed by atoms with van der Waals surface area (Å²) in [5, 5.41) is 0.957. The number of benzene rings is 1. The summed E-state index contributed by atoms with van der Waals surface area (Å²) in [6, 6.07) is 5.92. The summed E-state index contributed by atoms with van der Waals surface area (Å²) in [5.74, 6) is -0.294. The average molecular weight is 381 g/mol. The second-order valence-corrected chi connectivity index (χ2v) is 7.99. The van der Waals surface area contributed by atoms with Gasteiger partial charge in [-0.1, -0.05) is 24.3 Å². The minimum atomic E-state index is -0.363. The van der Waals surface area contributed by atoms with Crippen molar-refractivity contribution in [2.24, 2.45) is 5.92 Å². The van der Waals surface area contributed by atoms with E-state index in [2.05, 4.69) is 35.5 Å². The van der Waals surface area contributed by atoms with Crippen molar-refractivity contribution in [3.05, 3.63) is 54.0 Å². The summed E-state index contributed by atoms with van der Waals surface area (Å²) >= 11 is 0. The molecule has 0 unspecified atom stereocenters. The van der Waals surface area contributed by atoms with Crippen LogP contribution in [0.1, 0.15) is 31.9 Å². The van der Waals surface area contributed by atoms with Gasteiger partial charge < -0.3 is 9.88 Å². The average Bonchev–Trinajstić information content (AvgIpc) is 3.00. The van der Waals surface area contributed by atoms with Crippen molar-refractivity contribution in [3.8, 4) is 0 Å². The monoisotopic (exact) mass is 381 g/mol. The lowest BCUT2D eigenvalue weighted by Gasteiger charge is -2.49. The number of aromatic nitrogens is 1. The number of amides is 1. The molecule has 1 aromatic carbocycles. The minimum Gasteiger partial charge on any atom is -0.343 e. The fourth-order valence-corrected chi connectivity index (χ4v) is 5.00. The maximum atomic E-state index is 14.7. The molecule has 28 heavy (non-hydrogen) atoms. The molecule has 2 aliphatic rings. The van der Waals surface area contributed by atoms with Crippen LogP contribution in [-0.2, 0) is 11.2 Å². The van der Waals surface area contributed by atoms with E-state index in [0.717, 1.165) is 27.6 Å². The quantitative estimate of drug-likeness (QED) is 0.796. The lowest BCUT2D eigenvalue weighted by molar-refractivity contribution is -0.134. The van der Waals surface area contributed by atoms with E-state index in [1.54, 1.807) is 0 Å². The zero-order valence-corrected chi connectivity index (χ0v) is 16.9. The van der Waals surface area contributed by atoms with Crippen LogP contribution >= 0.6 is 0 Å². The number of carbonyl (C=O) groups excluding carboxylic acids is 1. The van der Waals surface area contributed by atoms with Crippen LogP contribution in [0.4, 0.5) is 4.39 Å². The first-order valence-corrected chi connectivity index (χ1v) is 10.1. The molecule has 1 aliphatic heterocycles. The van der Waals surface area contributed by atoms with Crippen molar-refractivity contribution in [1.82, 2.24) is 14.8 Å². The van der Waals surface area contributed by atoms with E-state index in [9.17, 15) is 9.18 Å². The van der Waals surface area contributed by atoms with Gasteiger partial charge in [0.2, 0.25) is 5.91 Å². The van der Waals surface area contributed by atoms with Gasteiger partial charge in [-0.3, -0.25) is 9.69 Å². The number of carbonyl (C=O) groups is 1. The molecule has 4 nitrogen and oxygen atoms in total. The van der Waals surface area contributed by atoms with Crippen molar-refractivity contribution in [1.29, 1.82) is 0 Å². The molecule has 1 aliphatic carbocycles. The Bertz CT molecular complexity index is 972. The summed E-state index contributed by atoms with van der Waals surface area (Å²) in [7, 11) is 0. The highest BCUT2D eigenvalue weighted by Gasteiger charge is 2.46. The van der Waals surface area contributed by atoms with E-state index in [1.165, 1.54) is 0 Å². The van der Waals surface area contributed by atoms with Crippen LogP contribution in [-0.4, -0.2) is 52.4 Å². The van der Waals surface area contributed by atoms with Gasteiger partial charge in [0.05, 0.1) is 5.92 Å². The third kappa shape index (κ3) is 2.64. The Morgan fingerprint density at radius 3 is 2.86 bits per heavy atom. The molecule has 0 saturated carbocycles. The Kier molecular flexibility index (Phi) is 4.66. The fraction of sp³-hybridized carbons (Fsp3) is 0.435. The molecule has 4 rings (SSSR count). The predicted octanol–water partition coefficient (Wildman–Crippen LogP) is 3.99. The van der Waals surface area contributed by atoms with Crippen molar-refractivity contribution in [2.45, 2.75) is 32.7 Å². The van der Waals surface area contributed by atoms with Gasteiger partial charge in [0.1, 0.15) is 0 Å². The van der Waals surface area contributed by atoms with Crippen molar-refractivity contribution in [3.63, 3.8) is 0 Å². The lowest BCUT2D eigenvalue weighted by Crippen LogP contribution is -2.56. The molecule has 2 aromatic rings. The third-order valence-electron chi connectivity index (χ3n) is 6.49. The molecule has 5 heteroatoms. The molecule has 0 fully saturated rings. The molecular weight excluding hydrogens is 353 g/mol. The van der Waals surface area contributed by atoms with Gasteiger partial charge in [-0.25, -0.2) is 0 Å². The Labute approximate surface area is 165 Å². The molecule has 1 aromatic heterocycles. The first kappa shape index (κ1) is 18.9. The molecule has 148 valence electrons. The second kappa shape index (κ2) is 6.89. The Hall–Kier alpha value is -2.40. The van der Waals surface area contributed by atoms with Gasteiger partial charge in [-0.05, 0) is 44.4 Å². The Morgan fingerprint density at radius 1 is 1.43 bits per heavy atom. The van der Waals surface area contributed by atoms with E-state index in [1.807, 2.05) is 37.0 Å². The van der Waals surface area contributed by atoms with E-state index >= 15 is 0 Å². The van der Waals surface area contributed by atoms with Gasteiger partial charge in [-0.2, -0.15) is 4.39 Å². The highest BCUT2D eigenvalue weighted by molar-refractivity contribution is 6.00. The molecule has 2 atom stereocenters. The number of rotatable bonds is 5. The lowest BCUT2D eigenvalue weighted by atomic mass is 9.70. The normalized spacial score (nSPS) is 24.0. The van der Waals surface area contributed by atoms with Crippen LogP contribution in [0.3, 0.4) is 0 Å². The molecule has 1 amide bonds. The largest absolute Gasteiger partial charge is 0.343 e. The Morgan fingerprint density at radius 2 is 2.18 bits per heavy atom. The molecular formula is C23H28FN3O. The topological polar surface area (TPSA) is 39.3 Å². The van der Waals surface area contributed by atoms with E-state index in [4.69, 9.17) is 0 Å². The molecule has 2 heterocycles. The Balaban J connectivity index is 1.90. The molecule has 0 bridgehead atoms. The van der Waals surface area contributed by atoms with Crippen LogP contribution in [0.2, 0.25) is 0 Å². The van der Waals surface area contributed by atoms with Gasteiger partial charge in [0.25, 0.3) is 0 Å². The number of halogens is 1. The second-order valence-electron chi connectivity index (χ2n) is 7.99. The zero-order chi connectivity index (χ0) is 20.1. The standard InChI is InChI=1S/C23H28FN3O/c1-5-11-27-14-15(22(28)26(6-2)7-3)12-18-16-9-8-10-19-20(16)17(21(24)25-19)13-23(18,27)4/h5,8-10,12,15,25H,1,6-7,11,13-14H2,2-4H3/t15-,23-/m1/s1. The molecule has 0 radical (unpaired) electrons.